The number of sulfonamides is 1. The van der Waals surface area contributed by atoms with Crippen molar-refractivity contribution in [3.8, 4) is 0 Å². The van der Waals surface area contributed by atoms with Gasteiger partial charge in [-0.25, -0.2) is 13.1 Å². The second-order valence-corrected chi connectivity index (χ2v) is 8.51. The van der Waals surface area contributed by atoms with E-state index in [1.54, 1.807) is 0 Å². The molecule has 0 spiro atoms. The van der Waals surface area contributed by atoms with E-state index in [4.69, 9.17) is 0 Å². The molecule has 1 aromatic carbocycles. The van der Waals surface area contributed by atoms with Crippen LogP contribution in [0, 0.1) is 5.92 Å². The lowest BCUT2D eigenvalue weighted by Crippen LogP contribution is -2.43. The second-order valence-electron chi connectivity index (χ2n) is 6.74. The minimum atomic E-state index is -3.65. The third-order valence-corrected chi connectivity index (χ3v) is 5.81. The van der Waals surface area contributed by atoms with Gasteiger partial charge in [0.1, 0.15) is 0 Å². The van der Waals surface area contributed by atoms with Gasteiger partial charge in [0.2, 0.25) is 21.8 Å². The number of rotatable bonds is 7. The number of amides is 2. The van der Waals surface area contributed by atoms with Crippen LogP contribution in [0.4, 0.5) is 5.69 Å². The molecule has 1 aliphatic rings. The first-order valence-corrected chi connectivity index (χ1v) is 9.73. The van der Waals surface area contributed by atoms with Crippen LogP contribution in [-0.4, -0.2) is 51.8 Å². The van der Waals surface area contributed by atoms with E-state index in [2.05, 4.69) is 4.72 Å². The first-order chi connectivity index (χ1) is 11.6. The summed E-state index contributed by atoms with van der Waals surface area (Å²) in [6.45, 7) is 4.38. The molecule has 2 rings (SSSR count). The summed E-state index contributed by atoms with van der Waals surface area (Å²) in [4.78, 5) is 26.7. The van der Waals surface area contributed by atoms with Gasteiger partial charge in [0.15, 0.2) is 0 Å². The highest BCUT2D eigenvalue weighted by Crippen LogP contribution is 2.24. The zero-order valence-electron chi connectivity index (χ0n) is 15.0. The molecule has 1 fully saturated rings. The first kappa shape index (κ1) is 19.6. The number of nitrogens with zero attached hydrogens (tertiary/aromatic N) is 2. The quantitative estimate of drug-likeness (QED) is 0.732. The highest BCUT2D eigenvalue weighted by Gasteiger charge is 2.30. The molecule has 1 aromatic rings. The highest BCUT2D eigenvalue weighted by atomic mass is 32.2. The molecule has 1 aliphatic heterocycles. The van der Waals surface area contributed by atoms with Crippen molar-refractivity contribution in [2.24, 2.45) is 5.92 Å². The van der Waals surface area contributed by atoms with Gasteiger partial charge in [-0.3, -0.25) is 14.5 Å². The van der Waals surface area contributed by atoms with Crippen LogP contribution in [0.1, 0.15) is 26.7 Å². The smallest absolute Gasteiger partial charge is 0.240 e. The summed E-state index contributed by atoms with van der Waals surface area (Å²) in [6.07, 6.45) is 0.392. The van der Waals surface area contributed by atoms with Crippen LogP contribution in [0.25, 0.3) is 0 Å². The van der Waals surface area contributed by atoms with Crippen LogP contribution < -0.4 is 9.62 Å². The van der Waals surface area contributed by atoms with E-state index in [-0.39, 0.29) is 35.6 Å². The Morgan fingerprint density at radius 1 is 1.08 bits per heavy atom. The maximum absolute atomic E-state index is 12.5. The topological polar surface area (TPSA) is 86.8 Å². The fourth-order valence-electron chi connectivity index (χ4n) is 2.93. The molecular formula is C17H25N3O4S. The maximum Gasteiger partial charge on any atom is 0.240 e. The van der Waals surface area contributed by atoms with Crippen molar-refractivity contribution in [2.45, 2.75) is 37.6 Å². The molecule has 1 heterocycles. The predicted molar refractivity (Wildman–Crippen MR) is 95.7 cm³/mol. The van der Waals surface area contributed by atoms with Crippen molar-refractivity contribution in [2.75, 3.05) is 25.5 Å². The Morgan fingerprint density at radius 3 is 2.04 bits per heavy atom. The number of nitrogens with one attached hydrogen (secondary N) is 1. The van der Waals surface area contributed by atoms with Crippen LogP contribution in [0.15, 0.2) is 29.2 Å². The van der Waals surface area contributed by atoms with E-state index >= 15 is 0 Å². The first-order valence-electron chi connectivity index (χ1n) is 8.25. The van der Waals surface area contributed by atoms with E-state index in [0.717, 1.165) is 4.90 Å². The molecule has 0 radical (unpaired) electrons. The monoisotopic (exact) mass is 367 g/mol. The Kier molecular flexibility index (Phi) is 5.97. The number of hydrogen-bond donors (Lipinski definition) is 1. The zero-order valence-corrected chi connectivity index (χ0v) is 15.8. The van der Waals surface area contributed by atoms with Crippen molar-refractivity contribution in [3.63, 3.8) is 0 Å². The maximum atomic E-state index is 12.5. The lowest BCUT2D eigenvalue weighted by Gasteiger charge is -2.28. The van der Waals surface area contributed by atoms with Crippen LogP contribution in [0.5, 0.6) is 0 Å². The van der Waals surface area contributed by atoms with Gasteiger partial charge in [0.05, 0.1) is 10.6 Å². The molecule has 25 heavy (non-hydrogen) atoms. The van der Waals surface area contributed by atoms with Crippen LogP contribution >= 0.6 is 0 Å². The summed E-state index contributed by atoms with van der Waals surface area (Å²) >= 11 is 0. The van der Waals surface area contributed by atoms with Crippen molar-refractivity contribution < 1.29 is 18.0 Å². The van der Waals surface area contributed by atoms with Gasteiger partial charge in [-0.2, -0.15) is 0 Å². The normalized spacial score (nSPS) is 17.0. The van der Waals surface area contributed by atoms with Gasteiger partial charge in [-0.1, -0.05) is 13.8 Å². The third-order valence-electron chi connectivity index (χ3n) is 4.37. The molecule has 8 heteroatoms. The molecule has 2 amide bonds. The van der Waals surface area contributed by atoms with Gasteiger partial charge in [0, 0.05) is 25.4 Å². The summed E-state index contributed by atoms with van der Waals surface area (Å²) in [6, 6.07) is 5.88. The van der Waals surface area contributed by atoms with E-state index < -0.39 is 10.0 Å². The predicted octanol–water partition coefficient (Wildman–Crippen LogP) is 1.20. The molecule has 1 saturated heterocycles. The van der Waals surface area contributed by atoms with Gasteiger partial charge >= 0.3 is 0 Å². The van der Waals surface area contributed by atoms with E-state index in [9.17, 15) is 18.0 Å². The van der Waals surface area contributed by atoms with Crippen LogP contribution in [0.2, 0.25) is 0 Å². The van der Waals surface area contributed by atoms with Crippen molar-refractivity contribution in [3.05, 3.63) is 24.3 Å². The zero-order chi connectivity index (χ0) is 18.8. The van der Waals surface area contributed by atoms with Crippen LogP contribution in [-0.2, 0) is 19.6 Å². The number of carbonyl (C=O) groups is 2. The molecule has 0 bridgehead atoms. The van der Waals surface area contributed by atoms with Crippen molar-refractivity contribution in [1.82, 2.24) is 9.62 Å². The Bertz CT molecular complexity index is 718. The standard InChI is InChI=1S/C17H25N3O4S/c1-12(2)15(19(3)4)11-18-25(23,24)14-7-5-13(6-8-14)20-16(21)9-10-17(20)22/h5-8,12,15,18H,9-11H2,1-4H3. The number of anilines is 1. The van der Waals surface area contributed by atoms with E-state index in [1.807, 2.05) is 32.8 Å². The van der Waals surface area contributed by atoms with E-state index in [0.29, 0.717) is 18.2 Å². The van der Waals surface area contributed by atoms with Crippen LogP contribution in [0.3, 0.4) is 0 Å². The summed E-state index contributed by atoms with van der Waals surface area (Å²) in [5.74, 6) is -0.221. The van der Waals surface area contributed by atoms with Gasteiger partial charge in [-0.15, -0.1) is 0 Å². The number of hydrogen-bond acceptors (Lipinski definition) is 5. The molecule has 0 aromatic heterocycles. The molecule has 7 nitrogen and oxygen atoms in total. The Balaban J connectivity index is 2.12. The number of carbonyl (C=O) groups excluding carboxylic acids is 2. The molecule has 1 unspecified atom stereocenters. The fourth-order valence-corrected chi connectivity index (χ4v) is 3.98. The minimum Gasteiger partial charge on any atom is -0.305 e. The number of benzene rings is 1. The minimum absolute atomic E-state index is 0.0777. The summed E-state index contributed by atoms with van der Waals surface area (Å²) in [5, 5.41) is 0. The molecule has 0 saturated carbocycles. The SMILES string of the molecule is CC(C)C(CNS(=O)(=O)c1ccc(N2C(=O)CCC2=O)cc1)N(C)C. The van der Waals surface area contributed by atoms with Gasteiger partial charge in [-0.05, 0) is 44.3 Å². The summed E-state index contributed by atoms with van der Waals surface area (Å²) in [5.41, 5.74) is 0.403. The average molecular weight is 367 g/mol. The highest BCUT2D eigenvalue weighted by molar-refractivity contribution is 7.89. The second kappa shape index (κ2) is 7.63. The summed E-state index contributed by atoms with van der Waals surface area (Å²) < 4.78 is 27.6. The molecule has 0 aliphatic carbocycles. The van der Waals surface area contributed by atoms with Crippen molar-refractivity contribution >= 4 is 27.5 Å². The molecule has 138 valence electrons. The molecular weight excluding hydrogens is 342 g/mol. The largest absolute Gasteiger partial charge is 0.305 e. The number of likely N-dealkylation sites (N-methyl/N-ethyl adjacent to an activating group) is 1. The molecule has 1 atom stereocenters. The Hall–Kier alpha value is -1.77. The number of imide groups is 1. The van der Waals surface area contributed by atoms with Gasteiger partial charge in [0.25, 0.3) is 0 Å². The average Bonchev–Trinajstić information content (AvgIpc) is 2.85. The molecule has 1 N–H and O–H groups in total. The third kappa shape index (κ3) is 4.45. The lowest BCUT2D eigenvalue weighted by atomic mass is 10.0. The fraction of sp³-hybridized carbons (Fsp3) is 0.529. The van der Waals surface area contributed by atoms with E-state index in [1.165, 1.54) is 24.3 Å². The lowest BCUT2D eigenvalue weighted by molar-refractivity contribution is -0.121. The Labute approximate surface area is 149 Å². The Morgan fingerprint density at radius 2 is 1.60 bits per heavy atom. The van der Waals surface area contributed by atoms with Gasteiger partial charge < -0.3 is 4.90 Å². The van der Waals surface area contributed by atoms with Crippen molar-refractivity contribution in [1.29, 1.82) is 0 Å². The summed E-state index contributed by atoms with van der Waals surface area (Å²) in [7, 11) is 0.174.